The van der Waals surface area contributed by atoms with Crippen LogP contribution in [0.15, 0.2) is 4.99 Å². The molecule has 0 spiro atoms. The van der Waals surface area contributed by atoms with Crippen LogP contribution < -0.4 is 0 Å². The minimum absolute atomic E-state index is 0.222. The van der Waals surface area contributed by atoms with E-state index in [1.165, 1.54) is 7.11 Å². The van der Waals surface area contributed by atoms with Crippen LogP contribution in [0.5, 0.6) is 0 Å². The molecule has 1 unspecified atom stereocenters. The molecule has 0 N–H and O–H groups in total. The number of hydrogen-bond acceptors (Lipinski definition) is 4. The number of amidine groups is 1. The second-order valence-electron chi connectivity index (χ2n) is 4.63. The lowest BCUT2D eigenvalue weighted by atomic mass is 10.1. The van der Waals surface area contributed by atoms with Gasteiger partial charge in [-0.2, -0.15) is 0 Å². The SMILES string of the molecule is CCCN1CC(C(=O)OC)N=C1CC(C)C. The Labute approximate surface area is 97.7 Å². The van der Waals surface area contributed by atoms with E-state index < -0.39 is 0 Å². The molecule has 0 radical (unpaired) electrons. The largest absolute Gasteiger partial charge is 0.467 e. The number of esters is 1. The first-order valence-corrected chi connectivity index (χ1v) is 5.97. The average Bonchev–Trinajstić information content (AvgIpc) is 2.60. The van der Waals surface area contributed by atoms with Gasteiger partial charge in [0.15, 0.2) is 6.04 Å². The van der Waals surface area contributed by atoms with Crippen molar-refractivity contribution in [3.05, 3.63) is 0 Å². The van der Waals surface area contributed by atoms with Gasteiger partial charge in [0, 0.05) is 13.0 Å². The van der Waals surface area contributed by atoms with Crippen molar-refractivity contribution in [2.24, 2.45) is 10.9 Å². The molecule has 0 aromatic carbocycles. The molecule has 0 saturated heterocycles. The highest BCUT2D eigenvalue weighted by molar-refractivity contribution is 5.90. The Kier molecular flexibility index (Phi) is 4.77. The van der Waals surface area contributed by atoms with Gasteiger partial charge in [-0.05, 0) is 12.3 Å². The zero-order chi connectivity index (χ0) is 12.1. The van der Waals surface area contributed by atoms with E-state index in [9.17, 15) is 4.79 Å². The van der Waals surface area contributed by atoms with E-state index in [2.05, 4.69) is 30.7 Å². The van der Waals surface area contributed by atoms with Gasteiger partial charge in [-0.3, -0.25) is 4.99 Å². The quantitative estimate of drug-likeness (QED) is 0.670. The Morgan fingerprint density at radius 1 is 1.62 bits per heavy atom. The monoisotopic (exact) mass is 226 g/mol. The molecule has 0 saturated carbocycles. The highest BCUT2D eigenvalue weighted by atomic mass is 16.5. The number of carbonyl (C=O) groups excluding carboxylic acids is 1. The lowest BCUT2D eigenvalue weighted by Crippen LogP contribution is -2.33. The molecule has 1 aliphatic heterocycles. The Bertz CT molecular complexity index is 274. The minimum Gasteiger partial charge on any atom is -0.467 e. The summed E-state index contributed by atoms with van der Waals surface area (Å²) in [6, 6.07) is -0.315. The van der Waals surface area contributed by atoms with Gasteiger partial charge in [-0.1, -0.05) is 20.8 Å². The summed E-state index contributed by atoms with van der Waals surface area (Å²) in [5, 5.41) is 0. The van der Waals surface area contributed by atoms with Crippen molar-refractivity contribution < 1.29 is 9.53 Å². The van der Waals surface area contributed by atoms with Crippen LogP contribution in [-0.4, -0.2) is 42.9 Å². The van der Waals surface area contributed by atoms with Crippen molar-refractivity contribution in [3.63, 3.8) is 0 Å². The van der Waals surface area contributed by atoms with Crippen LogP contribution in [0.4, 0.5) is 0 Å². The molecule has 0 bridgehead atoms. The lowest BCUT2D eigenvalue weighted by Gasteiger charge is -2.20. The molecule has 16 heavy (non-hydrogen) atoms. The fourth-order valence-corrected chi connectivity index (χ4v) is 1.92. The van der Waals surface area contributed by atoms with Gasteiger partial charge in [-0.25, -0.2) is 4.79 Å². The highest BCUT2D eigenvalue weighted by Crippen LogP contribution is 2.16. The third-order valence-electron chi connectivity index (χ3n) is 2.62. The van der Waals surface area contributed by atoms with Crippen molar-refractivity contribution in [1.82, 2.24) is 4.90 Å². The zero-order valence-electron chi connectivity index (χ0n) is 10.7. The van der Waals surface area contributed by atoms with Crippen LogP contribution in [0.3, 0.4) is 0 Å². The van der Waals surface area contributed by atoms with Gasteiger partial charge in [0.1, 0.15) is 5.84 Å². The topological polar surface area (TPSA) is 41.9 Å². The standard InChI is InChI=1S/C12H22N2O2/c1-5-6-14-8-10(12(15)16-4)13-11(14)7-9(2)3/h9-10H,5-8H2,1-4H3. The molecule has 0 aromatic rings. The predicted molar refractivity (Wildman–Crippen MR) is 64.6 cm³/mol. The molecule has 1 aliphatic rings. The van der Waals surface area contributed by atoms with E-state index in [0.29, 0.717) is 12.5 Å². The van der Waals surface area contributed by atoms with Gasteiger partial charge in [0.05, 0.1) is 13.7 Å². The van der Waals surface area contributed by atoms with Crippen LogP contribution in [0, 0.1) is 5.92 Å². The number of rotatable bonds is 5. The number of methoxy groups -OCH3 is 1. The van der Waals surface area contributed by atoms with E-state index in [0.717, 1.165) is 25.2 Å². The second kappa shape index (κ2) is 5.87. The van der Waals surface area contributed by atoms with Crippen LogP contribution in [-0.2, 0) is 9.53 Å². The maximum Gasteiger partial charge on any atom is 0.332 e. The summed E-state index contributed by atoms with van der Waals surface area (Å²) in [4.78, 5) is 18.1. The Morgan fingerprint density at radius 3 is 2.81 bits per heavy atom. The Balaban J connectivity index is 2.68. The second-order valence-corrected chi connectivity index (χ2v) is 4.63. The number of hydrogen-bond donors (Lipinski definition) is 0. The molecule has 0 fully saturated rings. The molecule has 0 aliphatic carbocycles. The van der Waals surface area contributed by atoms with Crippen LogP contribution in [0.2, 0.25) is 0 Å². The molecular formula is C12H22N2O2. The van der Waals surface area contributed by atoms with Gasteiger partial charge in [0.2, 0.25) is 0 Å². The summed E-state index contributed by atoms with van der Waals surface area (Å²) in [6.07, 6.45) is 2.01. The van der Waals surface area contributed by atoms with Gasteiger partial charge in [0.25, 0.3) is 0 Å². The van der Waals surface area contributed by atoms with Gasteiger partial charge >= 0.3 is 5.97 Å². The van der Waals surface area contributed by atoms with Crippen molar-refractivity contribution in [2.45, 2.75) is 39.7 Å². The first-order valence-electron chi connectivity index (χ1n) is 5.97. The van der Waals surface area contributed by atoms with Crippen molar-refractivity contribution in [1.29, 1.82) is 0 Å². The highest BCUT2D eigenvalue weighted by Gasteiger charge is 2.30. The minimum atomic E-state index is -0.315. The third-order valence-corrected chi connectivity index (χ3v) is 2.62. The summed E-state index contributed by atoms with van der Waals surface area (Å²) in [5.74, 6) is 1.40. The fourth-order valence-electron chi connectivity index (χ4n) is 1.92. The normalized spacial score (nSPS) is 20.2. The maximum absolute atomic E-state index is 11.4. The summed E-state index contributed by atoms with van der Waals surface area (Å²) in [7, 11) is 1.42. The van der Waals surface area contributed by atoms with Crippen LogP contribution in [0.25, 0.3) is 0 Å². The molecule has 1 rings (SSSR count). The molecule has 4 nitrogen and oxygen atoms in total. The molecular weight excluding hydrogens is 204 g/mol. The van der Waals surface area contributed by atoms with E-state index in [1.54, 1.807) is 0 Å². The Hall–Kier alpha value is -1.06. The number of carbonyl (C=O) groups is 1. The summed E-state index contributed by atoms with van der Waals surface area (Å²) < 4.78 is 4.74. The summed E-state index contributed by atoms with van der Waals surface area (Å²) in [6.45, 7) is 8.12. The number of aliphatic imine (C=N–C) groups is 1. The van der Waals surface area contributed by atoms with E-state index in [4.69, 9.17) is 4.74 Å². The molecule has 0 amide bonds. The molecule has 4 heteroatoms. The van der Waals surface area contributed by atoms with E-state index >= 15 is 0 Å². The van der Waals surface area contributed by atoms with Crippen molar-refractivity contribution >= 4 is 11.8 Å². The number of nitrogens with zero attached hydrogens (tertiary/aromatic N) is 2. The van der Waals surface area contributed by atoms with Crippen molar-refractivity contribution in [3.8, 4) is 0 Å². The van der Waals surface area contributed by atoms with Gasteiger partial charge in [-0.15, -0.1) is 0 Å². The first kappa shape index (κ1) is 13.0. The molecule has 0 aromatic heterocycles. The third kappa shape index (κ3) is 3.22. The van der Waals surface area contributed by atoms with Crippen molar-refractivity contribution in [2.75, 3.05) is 20.2 Å². The number of ether oxygens (including phenoxy) is 1. The van der Waals surface area contributed by atoms with E-state index in [-0.39, 0.29) is 12.0 Å². The smallest absolute Gasteiger partial charge is 0.332 e. The van der Waals surface area contributed by atoms with E-state index in [1.807, 2.05) is 0 Å². The average molecular weight is 226 g/mol. The summed E-state index contributed by atoms with van der Waals surface area (Å²) >= 11 is 0. The lowest BCUT2D eigenvalue weighted by molar-refractivity contribution is -0.141. The molecule has 1 heterocycles. The first-order chi connectivity index (χ1) is 7.58. The Morgan fingerprint density at radius 2 is 2.31 bits per heavy atom. The predicted octanol–water partition coefficient (Wildman–Crippen LogP) is 1.70. The molecule has 1 atom stereocenters. The zero-order valence-corrected chi connectivity index (χ0v) is 10.7. The maximum atomic E-state index is 11.4. The fraction of sp³-hybridized carbons (Fsp3) is 0.833. The van der Waals surface area contributed by atoms with Crippen LogP contribution >= 0.6 is 0 Å². The van der Waals surface area contributed by atoms with Gasteiger partial charge < -0.3 is 9.64 Å². The summed E-state index contributed by atoms with van der Waals surface area (Å²) in [5.41, 5.74) is 0. The van der Waals surface area contributed by atoms with Crippen LogP contribution in [0.1, 0.15) is 33.6 Å². The molecule has 92 valence electrons.